The fourth-order valence-corrected chi connectivity index (χ4v) is 1.93. The molecule has 0 aliphatic heterocycles. The maximum absolute atomic E-state index is 13.2. The van der Waals surface area contributed by atoms with E-state index in [2.05, 4.69) is 0 Å². The maximum atomic E-state index is 13.2. The highest BCUT2D eigenvalue weighted by Gasteiger charge is 2.10. The second-order valence-corrected chi connectivity index (χ2v) is 4.03. The lowest BCUT2D eigenvalue weighted by atomic mass is 10.3. The summed E-state index contributed by atoms with van der Waals surface area (Å²) in [4.78, 5) is -0.0258. The Kier molecular flexibility index (Phi) is 4.37. The van der Waals surface area contributed by atoms with Crippen LogP contribution in [0.15, 0.2) is 17.0 Å². The van der Waals surface area contributed by atoms with Crippen molar-refractivity contribution in [1.82, 2.24) is 0 Å². The molecule has 0 aliphatic rings. The first kappa shape index (κ1) is 11.8. The number of hydrogen-bond donors (Lipinski definition) is 1. The molecule has 1 rings (SSSR count). The first-order valence-corrected chi connectivity index (χ1v) is 5.38. The van der Waals surface area contributed by atoms with Crippen molar-refractivity contribution < 1.29 is 8.78 Å². The number of halogens is 2. The summed E-state index contributed by atoms with van der Waals surface area (Å²) in [7, 11) is 0. The maximum Gasteiger partial charge on any atom is 0.141 e. The highest BCUT2D eigenvalue weighted by Crippen LogP contribution is 2.27. The molecule has 0 saturated heterocycles. The zero-order chi connectivity index (χ0) is 11.3. The molecule has 0 unspecified atom stereocenters. The minimum atomic E-state index is -0.644. The van der Waals surface area contributed by atoms with E-state index in [1.165, 1.54) is 0 Å². The second-order valence-electron chi connectivity index (χ2n) is 2.92. The minimum absolute atomic E-state index is 0.0258. The highest BCUT2D eigenvalue weighted by molar-refractivity contribution is 7.99. The number of nitrogens with zero attached hydrogens (tertiary/aromatic N) is 1. The summed E-state index contributed by atoms with van der Waals surface area (Å²) in [5.74, 6) is -0.769. The van der Waals surface area contributed by atoms with E-state index in [4.69, 9.17) is 11.0 Å². The molecule has 1 aromatic rings. The van der Waals surface area contributed by atoms with Crippen LogP contribution in [0, 0.1) is 23.0 Å². The van der Waals surface area contributed by atoms with Gasteiger partial charge in [0.05, 0.1) is 11.0 Å². The van der Waals surface area contributed by atoms with Gasteiger partial charge in [0.15, 0.2) is 0 Å². The molecule has 2 N–H and O–H groups in total. The first-order valence-electron chi connectivity index (χ1n) is 4.39. The largest absolute Gasteiger partial charge is 0.399 e. The predicted octanol–water partition coefficient (Wildman–Crippen LogP) is 2.94. The molecule has 0 radical (unpaired) electrons. The summed E-state index contributed by atoms with van der Waals surface area (Å²) in [5.41, 5.74) is 5.35. The number of nitriles is 1. The van der Waals surface area contributed by atoms with Crippen LogP contribution in [0.5, 0.6) is 0 Å². The SMILES string of the molecule is N#CCCCSc1c(F)cc(N)cc1F. The van der Waals surface area contributed by atoms with Crippen LogP contribution in [-0.4, -0.2) is 5.75 Å². The van der Waals surface area contributed by atoms with E-state index < -0.39 is 11.6 Å². The van der Waals surface area contributed by atoms with Crippen LogP contribution in [0.4, 0.5) is 14.5 Å². The number of nitrogen functional groups attached to an aromatic ring is 1. The summed E-state index contributed by atoms with van der Waals surface area (Å²) in [6, 6.07) is 4.16. The van der Waals surface area contributed by atoms with E-state index >= 15 is 0 Å². The lowest BCUT2D eigenvalue weighted by Crippen LogP contribution is -1.93. The zero-order valence-electron chi connectivity index (χ0n) is 7.96. The molecule has 0 spiro atoms. The van der Waals surface area contributed by atoms with Gasteiger partial charge in [-0.15, -0.1) is 11.8 Å². The number of nitrogens with two attached hydrogens (primary N) is 1. The quantitative estimate of drug-likeness (QED) is 0.489. The van der Waals surface area contributed by atoms with Crippen LogP contribution >= 0.6 is 11.8 Å². The third-order valence-corrected chi connectivity index (χ3v) is 2.87. The summed E-state index contributed by atoms with van der Waals surface area (Å²) in [6.45, 7) is 0. The monoisotopic (exact) mass is 228 g/mol. The van der Waals surface area contributed by atoms with Crippen LogP contribution in [-0.2, 0) is 0 Å². The molecule has 80 valence electrons. The molecule has 0 aliphatic carbocycles. The molecule has 2 nitrogen and oxygen atoms in total. The number of rotatable bonds is 4. The van der Waals surface area contributed by atoms with Crippen molar-refractivity contribution in [3.63, 3.8) is 0 Å². The van der Waals surface area contributed by atoms with Crippen molar-refractivity contribution in [2.45, 2.75) is 17.7 Å². The van der Waals surface area contributed by atoms with E-state index in [0.717, 1.165) is 23.9 Å². The van der Waals surface area contributed by atoms with Gasteiger partial charge < -0.3 is 5.73 Å². The molecule has 0 saturated carbocycles. The minimum Gasteiger partial charge on any atom is -0.399 e. The van der Waals surface area contributed by atoms with Crippen LogP contribution in [0.1, 0.15) is 12.8 Å². The Morgan fingerprint density at radius 1 is 1.33 bits per heavy atom. The van der Waals surface area contributed by atoms with Crippen LogP contribution < -0.4 is 5.73 Å². The van der Waals surface area contributed by atoms with Gasteiger partial charge in [-0.05, 0) is 24.3 Å². The fraction of sp³-hybridized carbons (Fsp3) is 0.300. The Labute approximate surface area is 91.1 Å². The molecule has 0 heterocycles. The molecular weight excluding hydrogens is 218 g/mol. The predicted molar refractivity (Wildman–Crippen MR) is 56.3 cm³/mol. The summed E-state index contributed by atoms with van der Waals surface area (Å²) in [6.07, 6.45) is 1.01. The van der Waals surface area contributed by atoms with Gasteiger partial charge in [-0.1, -0.05) is 0 Å². The molecule has 0 bridgehead atoms. The van der Waals surface area contributed by atoms with Gasteiger partial charge in [0.25, 0.3) is 0 Å². The molecular formula is C10H10F2N2S. The second kappa shape index (κ2) is 5.56. The number of benzene rings is 1. The van der Waals surface area contributed by atoms with Crippen LogP contribution in [0.3, 0.4) is 0 Å². The number of thioether (sulfide) groups is 1. The Bertz CT molecular complexity index is 364. The Morgan fingerprint density at radius 2 is 1.93 bits per heavy atom. The van der Waals surface area contributed by atoms with E-state index in [1.54, 1.807) is 0 Å². The van der Waals surface area contributed by atoms with Gasteiger partial charge >= 0.3 is 0 Å². The third kappa shape index (κ3) is 3.40. The molecule has 0 amide bonds. The molecule has 1 aromatic carbocycles. The smallest absolute Gasteiger partial charge is 0.141 e. The van der Waals surface area contributed by atoms with E-state index in [-0.39, 0.29) is 10.6 Å². The summed E-state index contributed by atoms with van der Waals surface area (Å²) >= 11 is 1.07. The van der Waals surface area contributed by atoms with Gasteiger partial charge in [-0.25, -0.2) is 8.78 Å². The Hall–Kier alpha value is -1.28. The van der Waals surface area contributed by atoms with E-state index in [0.29, 0.717) is 18.6 Å². The van der Waals surface area contributed by atoms with Crippen molar-refractivity contribution >= 4 is 17.4 Å². The van der Waals surface area contributed by atoms with Gasteiger partial charge in [-0.3, -0.25) is 0 Å². The van der Waals surface area contributed by atoms with Crippen molar-refractivity contribution in [2.75, 3.05) is 11.5 Å². The van der Waals surface area contributed by atoms with Gasteiger partial charge in [0.2, 0.25) is 0 Å². The fourth-order valence-electron chi connectivity index (χ4n) is 1.04. The highest BCUT2D eigenvalue weighted by atomic mass is 32.2. The molecule has 5 heteroatoms. The average molecular weight is 228 g/mol. The molecule has 0 aromatic heterocycles. The van der Waals surface area contributed by atoms with Crippen molar-refractivity contribution in [3.05, 3.63) is 23.8 Å². The Morgan fingerprint density at radius 3 is 2.47 bits per heavy atom. The molecule has 0 atom stereocenters. The molecule has 15 heavy (non-hydrogen) atoms. The van der Waals surface area contributed by atoms with Gasteiger partial charge in [-0.2, -0.15) is 5.26 Å². The van der Waals surface area contributed by atoms with Gasteiger partial charge in [0.1, 0.15) is 11.6 Å². The molecule has 0 fully saturated rings. The topological polar surface area (TPSA) is 49.8 Å². The standard InChI is InChI=1S/C10H10F2N2S/c11-8-5-7(14)6-9(12)10(8)15-4-2-1-3-13/h5-6H,1-2,4,14H2. The van der Waals surface area contributed by atoms with Crippen LogP contribution in [0.2, 0.25) is 0 Å². The third-order valence-electron chi connectivity index (χ3n) is 1.70. The zero-order valence-corrected chi connectivity index (χ0v) is 8.78. The Balaban J connectivity index is 2.65. The lowest BCUT2D eigenvalue weighted by molar-refractivity contribution is 0.542. The number of anilines is 1. The van der Waals surface area contributed by atoms with Crippen molar-refractivity contribution in [1.29, 1.82) is 5.26 Å². The van der Waals surface area contributed by atoms with Gasteiger partial charge in [0, 0.05) is 12.1 Å². The first-order chi connectivity index (χ1) is 7.15. The van der Waals surface area contributed by atoms with Crippen molar-refractivity contribution in [2.24, 2.45) is 0 Å². The van der Waals surface area contributed by atoms with Crippen LogP contribution in [0.25, 0.3) is 0 Å². The van der Waals surface area contributed by atoms with Crippen molar-refractivity contribution in [3.8, 4) is 6.07 Å². The normalized spacial score (nSPS) is 9.93. The van der Waals surface area contributed by atoms with E-state index in [9.17, 15) is 8.78 Å². The number of hydrogen-bond acceptors (Lipinski definition) is 3. The van der Waals surface area contributed by atoms with E-state index in [1.807, 2.05) is 6.07 Å². The summed E-state index contributed by atoms with van der Waals surface area (Å²) in [5, 5.41) is 8.29. The lowest BCUT2D eigenvalue weighted by Gasteiger charge is -2.04. The average Bonchev–Trinajstić information content (AvgIpc) is 2.15. The summed E-state index contributed by atoms with van der Waals surface area (Å²) < 4.78 is 26.4. The number of unbranched alkanes of at least 4 members (excludes halogenated alkanes) is 1.